The fourth-order valence-corrected chi connectivity index (χ4v) is 1.05. The van der Waals surface area contributed by atoms with Crippen LogP contribution in [0.3, 0.4) is 0 Å². The van der Waals surface area contributed by atoms with Crippen molar-refractivity contribution in [3.8, 4) is 0 Å². The number of hydrogen-bond acceptors (Lipinski definition) is 3. The molecule has 0 saturated heterocycles. The van der Waals surface area contributed by atoms with Gasteiger partial charge in [-0.05, 0) is 6.92 Å². The van der Waals surface area contributed by atoms with Crippen LogP contribution in [0.4, 0.5) is 0 Å². The number of hydrogen-bond donors (Lipinski definition) is 1. The summed E-state index contributed by atoms with van der Waals surface area (Å²) in [6.45, 7) is 1.45. The number of carbonyl (C=O) groups is 2. The predicted molar refractivity (Wildman–Crippen MR) is 52.4 cm³/mol. The van der Waals surface area contributed by atoms with Gasteiger partial charge in [0, 0.05) is 20.3 Å². The zero-order chi connectivity index (χ0) is 11.6. The summed E-state index contributed by atoms with van der Waals surface area (Å²) < 4.78 is 1.63. The number of aryl methyl sites for hydroxylation is 1. The quantitative estimate of drug-likeness (QED) is 0.761. The molecule has 6 nitrogen and oxygen atoms in total. The van der Waals surface area contributed by atoms with Gasteiger partial charge in [0.05, 0.1) is 6.33 Å². The molecule has 0 spiro atoms. The minimum atomic E-state index is -1.04. The molecule has 0 radical (unpaired) electrons. The highest BCUT2D eigenvalue weighted by molar-refractivity contribution is 5.94. The summed E-state index contributed by atoms with van der Waals surface area (Å²) in [4.78, 5) is 27.4. The topological polar surface area (TPSA) is 75.4 Å². The third kappa shape index (κ3) is 2.34. The normalized spacial score (nSPS) is 12.2. The molecule has 82 valence electrons. The van der Waals surface area contributed by atoms with Crippen LogP contribution in [0.5, 0.6) is 0 Å². The first-order valence-electron chi connectivity index (χ1n) is 4.41. The van der Waals surface area contributed by atoms with Crippen molar-refractivity contribution in [2.45, 2.75) is 13.0 Å². The number of carboxylic acid groups (broad SMARTS) is 1. The Kier molecular flexibility index (Phi) is 3.08. The smallest absolute Gasteiger partial charge is 0.326 e. The average molecular weight is 211 g/mol. The lowest BCUT2D eigenvalue weighted by Crippen LogP contribution is -2.40. The average Bonchev–Trinajstić information content (AvgIpc) is 2.61. The van der Waals surface area contributed by atoms with Gasteiger partial charge in [-0.25, -0.2) is 9.78 Å². The fraction of sp³-hybridized carbons (Fsp3) is 0.444. The van der Waals surface area contributed by atoms with Crippen LogP contribution in [0.1, 0.15) is 17.4 Å². The van der Waals surface area contributed by atoms with Gasteiger partial charge in [0.1, 0.15) is 11.7 Å². The van der Waals surface area contributed by atoms with Gasteiger partial charge < -0.3 is 14.6 Å². The second-order valence-corrected chi connectivity index (χ2v) is 3.35. The lowest BCUT2D eigenvalue weighted by molar-refractivity contribution is -0.141. The SMILES string of the molecule is CC(C(=O)O)N(C)C(=O)c1cn(C)cn1. The van der Waals surface area contributed by atoms with E-state index >= 15 is 0 Å². The van der Waals surface area contributed by atoms with E-state index in [0.717, 1.165) is 4.90 Å². The third-order valence-corrected chi connectivity index (χ3v) is 2.18. The van der Waals surface area contributed by atoms with Crippen LogP contribution in [0.2, 0.25) is 0 Å². The largest absolute Gasteiger partial charge is 0.480 e. The molecule has 0 fully saturated rings. The molecular formula is C9H13N3O3. The molecule has 6 heteroatoms. The molecule has 1 heterocycles. The summed E-state index contributed by atoms with van der Waals surface area (Å²) in [6.07, 6.45) is 3.04. The van der Waals surface area contributed by atoms with Crippen molar-refractivity contribution in [1.29, 1.82) is 0 Å². The molecule has 1 unspecified atom stereocenters. The lowest BCUT2D eigenvalue weighted by atomic mass is 10.3. The minimum absolute atomic E-state index is 0.244. The highest BCUT2D eigenvalue weighted by Gasteiger charge is 2.23. The van der Waals surface area contributed by atoms with Crippen LogP contribution in [0, 0.1) is 0 Å². The lowest BCUT2D eigenvalue weighted by Gasteiger charge is -2.20. The zero-order valence-electron chi connectivity index (χ0n) is 8.84. The van der Waals surface area contributed by atoms with Gasteiger partial charge in [-0.2, -0.15) is 0 Å². The Morgan fingerprint density at radius 1 is 1.60 bits per heavy atom. The van der Waals surface area contributed by atoms with Crippen LogP contribution >= 0.6 is 0 Å². The second-order valence-electron chi connectivity index (χ2n) is 3.35. The minimum Gasteiger partial charge on any atom is -0.480 e. The van der Waals surface area contributed by atoms with E-state index in [-0.39, 0.29) is 5.69 Å². The van der Waals surface area contributed by atoms with Crippen molar-refractivity contribution in [2.75, 3.05) is 7.05 Å². The summed E-state index contributed by atoms with van der Waals surface area (Å²) >= 11 is 0. The summed E-state index contributed by atoms with van der Waals surface area (Å²) in [7, 11) is 3.18. The van der Waals surface area contributed by atoms with Crippen molar-refractivity contribution >= 4 is 11.9 Å². The molecule has 1 rings (SSSR count). The maximum Gasteiger partial charge on any atom is 0.326 e. The summed E-state index contributed by atoms with van der Waals surface area (Å²) in [5, 5.41) is 8.73. The van der Waals surface area contributed by atoms with Gasteiger partial charge in [-0.3, -0.25) is 4.79 Å². The Morgan fingerprint density at radius 3 is 2.60 bits per heavy atom. The van der Waals surface area contributed by atoms with Crippen molar-refractivity contribution in [3.05, 3.63) is 18.2 Å². The van der Waals surface area contributed by atoms with Crippen molar-refractivity contribution in [2.24, 2.45) is 7.05 Å². The van der Waals surface area contributed by atoms with E-state index in [1.807, 2.05) is 0 Å². The van der Waals surface area contributed by atoms with Crippen LogP contribution in [-0.4, -0.2) is 44.5 Å². The van der Waals surface area contributed by atoms with E-state index in [9.17, 15) is 9.59 Å². The van der Waals surface area contributed by atoms with Crippen molar-refractivity contribution < 1.29 is 14.7 Å². The number of aromatic nitrogens is 2. The molecule has 1 N–H and O–H groups in total. The number of likely N-dealkylation sites (N-methyl/N-ethyl adjacent to an activating group) is 1. The number of carboxylic acids is 1. The van der Waals surface area contributed by atoms with Gasteiger partial charge in [-0.15, -0.1) is 0 Å². The molecule has 0 aliphatic rings. The van der Waals surface area contributed by atoms with E-state index < -0.39 is 17.9 Å². The Hall–Kier alpha value is -1.85. The number of carbonyl (C=O) groups excluding carboxylic acids is 1. The Morgan fingerprint density at radius 2 is 2.20 bits per heavy atom. The predicted octanol–water partition coefficient (Wildman–Crippen LogP) is -0.0348. The van der Waals surface area contributed by atoms with Crippen LogP contribution in [0.15, 0.2) is 12.5 Å². The standard InChI is InChI=1S/C9H13N3O3/c1-6(9(14)15)12(3)8(13)7-4-11(2)5-10-7/h4-6H,1-3H3,(H,14,15). The summed E-state index contributed by atoms with van der Waals surface area (Å²) in [6, 6.07) is -0.862. The maximum atomic E-state index is 11.7. The molecular weight excluding hydrogens is 198 g/mol. The zero-order valence-corrected chi connectivity index (χ0v) is 8.84. The van der Waals surface area contributed by atoms with E-state index in [4.69, 9.17) is 5.11 Å². The monoisotopic (exact) mass is 211 g/mol. The highest BCUT2D eigenvalue weighted by Crippen LogP contribution is 2.04. The molecule has 1 aromatic rings. The van der Waals surface area contributed by atoms with Crippen LogP contribution < -0.4 is 0 Å². The molecule has 15 heavy (non-hydrogen) atoms. The first-order chi connectivity index (χ1) is 6.93. The van der Waals surface area contributed by atoms with Crippen LogP contribution in [-0.2, 0) is 11.8 Å². The van der Waals surface area contributed by atoms with Gasteiger partial charge >= 0.3 is 5.97 Å². The molecule has 0 aromatic carbocycles. The molecule has 1 amide bonds. The Bertz CT molecular complexity index is 386. The third-order valence-electron chi connectivity index (χ3n) is 2.18. The van der Waals surface area contributed by atoms with Gasteiger partial charge in [-0.1, -0.05) is 0 Å². The summed E-state index contributed by atoms with van der Waals surface area (Å²) in [5.41, 5.74) is 0.244. The number of nitrogens with zero attached hydrogens (tertiary/aromatic N) is 3. The van der Waals surface area contributed by atoms with Gasteiger partial charge in [0.25, 0.3) is 5.91 Å². The second kappa shape index (κ2) is 4.12. The van der Waals surface area contributed by atoms with Gasteiger partial charge in [0.15, 0.2) is 0 Å². The van der Waals surface area contributed by atoms with Gasteiger partial charge in [0.2, 0.25) is 0 Å². The molecule has 0 bridgehead atoms. The van der Waals surface area contributed by atoms with E-state index in [2.05, 4.69) is 4.98 Å². The Balaban J connectivity index is 2.81. The first-order valence-corrected chi connectivity index (χ1v) is 4.41. The fourth-order valence-electron chi connectivity index (χ4n) is 1.05. The number of imidazole rings is 1. The number of aliphatic carboxylic acids is 1. The van der Waals surface area contributed by atoms with E-state index in [1.54, 1.807) is 17.8 Å². The number of amides is 1. The molecule has 0 aliphatic carbocycles. The molecule has 1 atom stereocenters. The molecule has 1 aromatic heterocycles. The summed E-state index contributed by atoms with van der Waals surface area (Å²) in [5.74, 6) is -1.44. The van der Waals surface area contributed by atoms with Crippen molar-refractivity contribution in [1.82, 2.24) is 14.5 Å². The molecule has 0 saturated carbocycles. The Labute approximate surface area is 87.1 Å². The van der Waals surface area contributed by atoms with E-state index in [1.165, 1.54) is 20.3 Å². The van der Waals surface area contributed by atoms with Crippen molar-refractivity contribution in [3.63, 3.8) is 0 Å². The molecule has 0 aliphatic heterocycles. The first kappa shape index (κ1) is 11.2. The number of rotatable bonds is 3. The van der Waals surface area contributed by atoms with Crippen LogP contribution in [0.25, 0.3) is 0 Å². The maximum absolute atomic E-state index is 11.7. The van der Waals surface area contributed by atoms with E-state index in [0.29, 0.717) is 0 Å². The highest BCUT2D eigenvalue weighted by atomic mass is 16.4.